The third-order valence-corrected chi connectivity index (χ3v) is 6.10. The van der Waals surface area contributed by atoms with Crippen LogP contribution in [0.2, 0.25) is 0 Å². The molecule has 1 aliphatic heterocycles. The lowest BCUT2D eigenvalue weighted by Crippen LogP contribution is -2.21. The summed E-state index contributed by atoms with van der Waals surface area (Å²) in [6.45, 7) is 2.11. The molecule has 2 aliphatic rings. The first-order chi connectivity index (χ1) is 11.3. The average Bonchev–Trinajstić information content (AvgIpc) is 3.02. The predicted octanol–water partition coefficient (Wildman–Crippen LogP) is 3.94. The molecule has 2 N–H and O–H groups in total. The predicted molar refractivity (Wildman–Crippen MR) is 96.3 cm³/mol. The SMILES string of the molecule is CN1CCCC1c1cncc(CCC[C@H]2CC[C@H](CN)CC2)c1. The Hall–Kier alpha value is -0.930. The smallest absolute Gasteiger partial charge is 0.0360 e. The van der Waals surface area contributed by atoms with E-state index >= 15 is 0 Å². The van der Waals surface area contributed by atoms with E-state index in [1.807, 2.05) is 0 Å². The van der Waals surface area contributed by atoms with E-state index in [0.29, 0.717) is 6.04 Å². The topological polar surface area (TPSA) is 42.2 Å². The van der Waals surface area contributed by atoms with E-state index in [4.69, 9.17) is 5.73 Å². The highest BCUT2D eigenvalue weighted by Crippen LogP contribution is 2.32. The van der Waals surface area contributed by atoms with Crippen LogP contribution in [-0.4, -0.2) is 30.0 Å². The minimum absolute atomic E-state index is 0.592. The lowest BCUT2D eigenvalue weighted by molar-refractivity contribution is 0.264. The first-order valence-corrected chi connectivity index (χ1v) is 9.60. The molecule has 0 aromatic carbocycles. The molecule has 1 aromatic heterocycles. The number of aryl methyl sites for hydroxylation is 1. The Morgan fingerprint density at radius 3 is 2.61 bits per heavy atom. The van der Waals surface area contributed by atoms with Crippen molar-refractivity contribution in [1.29, 1.82) is 0 Å². The second-order valence-corrected chi connectivity index (χ2v) is 7.78. The van der Waals surface area contributed by atoms with Gasteiger partial charge in [0.1, 0.15) is 0 Å². The number of hydrogen-bond acceptors (Lipinski definition) is 3. The molecule has 0 radical (unpaired) electrons. The Kier molecular flexibility index (Phi) is 6.07. The quantitative estimate of drug-likeness (QED) is 0.864. The van der Waals surface area contributed by atoms with Crippen molar-refractivity contribution < 1.29 is 0 Å². The monoisotopic (exact) mass is 315 g/mol. The van der Waals surface area contributed by atoms with Crippen LogP contribution in [0.1, 0.15) is 68.5 Å². The van der Waals surface area contributed by atoms with Gasteiger partial charge in [-0.25, -0.2) is 0 Å². The molecule has 2 fully saturated rings. The van der Waals surface area contributed by atoms with Crippen LogP contribution in [0.25, 0.3) is 0 Å². The molecule has 3 rings (SSSR count). The summed E-state index contributed by atoms with van der Waals surface area (Å²) < 4.78 is 0. The maximum absolute atomic E-state index is 5.79. The molecular weight excluding hydrogens is 282 g/mol. The zero-order valence-electron chi connectivity index (χ0n) is 14.7. The second kappa shape index (κ2) is 8.25. The van der Waals surface area contributed by atoms with Crippen LogP contribution in [0.4, 0.5) is 0 Å². The van der Waals surface area contributed by atoms with Gasteiger partial charge in [-0.05, 0) is 81.6 Å². The first kappa shape index (κ1) is 16.9. The highest BCUT2D eigenvalue weighted by molar-refractivity contribution is 5.22. The van der Waals surface area contributed by atoms with E-state index in [9.17, 15) is 0 Å². The van der Waals surface area contributed by atoms with Crippen LogP contribution in [0.15, 0.2) is 18.5 Å². The number of rotatable bonds is 6. The molecule has 0 spiro atoms. The number of aromatic nitrogens is 1. The van der Waals surface area contributed by atoms with Crippen LogP contribution in [-0.2, 0) is 6.42 Å². The Morgan fingerprint density at radius 2 is 1.91 bits per heavy atom. The van der Waals surface area contributed by atoms with Gasteiger partial charge < -0.3 is 5.73 Å². The van der Waals surface area contributed by atoms with Crippen LogP contribution in [0.5, 0.6) is 0 Å². The van der Waals surface area contributed by atoms with Crippen molar-refractivity contribution >= 4 is 0 Å². The maximum atomic E-state index is 5.79. The Labute approximate surface area is 141 Å². The van der Waals surface area contributed by atoms with Crippen LogP contribution in [0, 0.1) is 11.8 Å². The first-order valence-electron chi connectivity index (χ1n) is 9.60. The lowest BCUT2D eigenvalue weighted by Gasteiger charge is -2.27. The number of pyridine rings is 1. The number of hydrogen-bond donors (Lipinski definition) is 1. The molecular formula is C20H33N3. The van der Waals surface area contributed by atoms with E-state index in [1.54, 1.807) is 0 Å². The third-order valence-electron chi connectivity index (χ3n) is 6.10. The van der Waals surface area contributed by atoms with Crippen molar-refractivity contribution in [1.82, 2.24) is 9.88 Å². The minimum atomic E-state index is 0.592. The van der Waals surface area contributed by atoms with Gasteiger partial charge in [0, 0.05) is 18.4 Å². The van der Waals surface area contributed by atoms with Gasteiger partial charge in [-0.3, -0.25) is 9.88 Å². The molecule has 1 saturated carbocycles. The van der Waals surface area contributed by atoms with Crippen molar-refractivity contribution in [2.75, 3.05) is 20.1 Å². The Balaban J connectivity index is 1.45. The van der Waals surface area contributed by atoms with E-state index in [0.717, 1.165) is 18.4 Å². The van der Waals surface area contributed by atoms with Gasteiger partial charge in [-0.15, -0.1) is 0 Å². The fraction of sp³-hybridized carbons (Fsp3) is 0.750. The van der Waals surface area contributed by atoms with Crippen molar-refractivity contribution in [2.45, 2.75) is 63.8 Å². The fourth-order valence-electron chi connectivity index (χ4n) is 4.51. The molecule has 1 aliphatic carbocycles. The molecule has 1 aromatic rings. The van der Waals surface area contributed by atoms with Crippen LogP contribution in [0.3, 0.4) is 0 Å². The van der Waals surface area contributed by atoms with Gasteiger partial charge in [-0.1, -0.05) is 25.3 Å². The highest BCUT2D eigenvalue weighted by atomic mass is 15.1. The minimum Gasteiger partial charge on any atom is -0.330 e. The Bertz CT molecular complexity index is 480. The molecule has 1 atom stereocenters. The van der Waals surface area contributed by atoms with Crippen molar-refractivity contribution in [3.8, 4) is 0 Å². The van der Waals surface area contributed by atoms with Gasteiger partial charge in [0.25, 0.3) is 0 Å². The summed E-state index contributed by atoms with van der Waals surface area (Å²) in [4.78, 5) is 6.98. The summed E-state index contributed by atoms with van der Waals surface area (Å²) in [5, 5.41) is 0. The van der Waals surface area contributed by atoms with Crippen molar-refractivity contribution in [3.63, 3.8) is 0 Å². The normalized spacial score (nSPS) is 29.0. The number of nitrogens with two attached hydrogens (primary N) is 1. The molecule has 2 heterocycles. The van der Waals surface area contributed by atoms with E-state index in [-0.39, 0.29) is 0 Å². The summed E-state index contributed by atoms with van der Waals surface area (Å²) in [5.74, 6) is 1.74. The van der Waals surface area contributed by atoms with Crippen molar-refractivity contribution in [3.05, 3.63) is 29.6 Å². The summed E-state index contributed by atoms with van der Waals surface area (Å²) in [6.07, 6.45) is 16.1. The second-order valence-electron chi connectivity index (χ2n) is 7.78. The molecule has 1 saturated heterocycles. The molecule has 128 valence electrons. The third kappa shape index (κ3) is 4.54. The average molecular weight is 316 g/mol. The molecule has 3 nitrogen and oxygen atoms in total. The van der Waals surface area contributed by atoms with Gasteiger partial charge in [-0.2, -0.15) is 0 Å². The van der Waals surface area contributed by atoms with Gasteiger partial charge in [0.15, 0.2) is 0 Å². The van der Waals surface area contributed by atoms with Crippen LogP contribution < -0.4 is 5.73 Å². The zero-order chi connectivity index (χ0) is 16.1. The molecule has 1 unspecified atom stereocenters. The van der Waals surface area contributed by atoms with Crippen molar-refractivity contribution in [2.24, 2.45) is 17.6 Å². The summed E-state index contributed by atoms with van der Waals surface area (Å²) in [6, 6.07) is 3.00. The van der Waals surface area contributed by atoms with E-state index < -0.39 is 0 Å². The zero-order valence-corrected chi connectivity index (χ0v) is 14.7. The van der Waals surface area contributed by atoms with Gasteiger partial charge >= 0.3 is 0 Å². The van der Waals surface area contributed by atoms with Crippen LogP contribution >= 0.6 is 0 Å². The Morgan fingerprint density at radius 1 is 1.13 bits per heavy atom. The summed E-state index contributed by atoms with van der Waals surface area (Å²) >= 11 is 0. The summed E-state index contributed by atoms with van der Waals surface area (Å²) in [7, 11) is 2.24. The lowest BCUT2D eigenvalue weighted by atomic mass is 9.80. The molecule has 3 heteroatoms. The molecule has 23 heavy (non-hydrogen) atoms. The fourth-order valence-corrected chi connectivity index (χ4v) is 4.51. The molecule has 0 amide bonds. The molecule has 0 bridgehead atoms. The standard InChI is InChI=1S/C20H33N3/c1-23-11-3-6-20(23)19-12-18(14-22-15-19)5-2-4-16-7-9-17(13-21)10-8-16/h12,14-17,20H,2-11,13,21H2,1H3/t16-,17-,20?. The summed E-state index contributed by atoms with van der Waals surface area (Å²) in [5.41, 5.74) is 8.64. The van der Waals surface area contributed by atoms with E-state index in [2.05, 4.69) is 35.4 Å². The maximum Gasteiger partial charge on any atom is 0.0360 e. The highest BCUT2D eigenvalue weighted by Gasteiger charge is 2.23. The largest absolute Gasteiger partial charge is 0.330 e. The van der Waals surface area contributed by atoms with E-state index in [1.165, 1.54) is 75.5 Å². The number of nitrogens with zero attached hydrogens (tertiary/aromatic N) is 2. The van der Waals surface area contributed by atoms with Gasteiger partial charge in [0.05, 0.1) is 0 Å². The number of likely N-dealkylation sites (tertiary alicyclic amines) is 1. The van der Waals surface area contributed by atoms with Gasteiger partial charge in [0.2, 0.25) is 0 Å².